The fourth-order valence-corrected chi connectivity index (χ4v) is 2.87. The Balaban J connectivity index is 2.04. The molecule has 3 heteroatoms. The first-order valence-corrected chi connectivity index (χ1v) is 6.19. The van der Waals surface area contributed by atoms with Crippen LogP contribution in [-0.2, 0) is 6.42 Å². The first-order valence-electron chi connectivity index (χ1n) is 6.19. The number of halogens is 2. The zero-order chi connectivity index (χ0) is 12.4. The molecule has 0 bridgehead atoms. The Bertz CT molecular complexity index is 372. The molecule has 0 aliphatic heterocycles. The van der Waals surface area contributed by atoms with Gasteiger partial charge in [-0.2, -0.15) is 0 Å². The van der Waals surface area contributed by atoms with E-state index in [1.165, 1.54) is 12.1 Å². The summed E-state index contributed by atoms with van der Waals surface area (Å²) in [7, 11) is 0. The van der Waals surface area contributed by atoms with Crippen LogP contribution in [0.3, 0.4) is 0 Å². The Morgan fingerprint density at radius 3 is 2.41 bits per heavy atom. The topological polar surface area (TPSA) is 20.2 Å². The smallest absolute Gasteiger partial charge is 0.126 e. The van der Waals surface area contributed by atoms with Crippen LogP contribution in [0.15, 0.2) is 18.2 Å². The molecule has 1 saturated carbocycles. The summed E-state index contributed by atoms with van der Waals surface area (Å²) >= 11 is 0. The van der Waals surface area contributed by atoms with Crippen molar-refractivity contribution in [1.29, 1.82) is 0 Å². The largest absolute Gasteiger partial charge is 0.392 e. The second kappa shape index (κ2) is 5.13. The fourth-order valence-electron chi connectivity index (χ4n) is 2.87. The number of aliphatic hydroxyl groups is 1. The summed E-state index contributed by atoms with van der Waals surface area (Å²) in [4.78, 5) is 0. The monoisotopic (exact) mass is 240 g/mol. The molecule has 3 atom stereocenters. The van der Waals surface area contributed by atoms with Crippen molar-refractivity contribution in [2.24, 2.45) is 11.8 Å². The average Bonchev–Trinajstić information content (AvgIpc) is 2.62. The summed E-state index contributed by atoms with van der Waals surface area (Å²) in [6, 6.07) is 3.45. The quantitative estimate of drug-likeness (QED) is 0.859. The summed E-state index contributed by atoms with van der Waals surface area (Å²) < 4.78 is 26.0. The summed E-state index contributed by atoms with van der Waals surface area (Å²) in [6.45, 7) is 2.13. The summed E-state index contributed by atoms with van der Waals surface area (Å²) in [5, 5.41) is 10.1. The van der Waals surface area contributed by atoms with Crippen LogP contribution in [0.25, 0.3) is 0 Å². The number of aliphatic hydroxyl groups excluding tert-OH is 1. The average molecular weight is 240 g/mol. The number of rotatable bonds is 3. The third-order valence-corrected chi connectivity index (χ3v) is 3.79. The zero-order valence-electron chi connectivity index (χ0n) is 10.00. The highest BCUT2D eigenvalue weighted by molar-refractivity contribution is 5.18. The van der Waals surface area contributed by atoms with Gasteiger partial charge in [-0.15, -0.1) is 0 Å². The summed E-state index contributed by atoms with van der Waals surface area (Å²) in [5.41, 5.74) is 0.536. The Labute approximate surface area is 100 Å². The summed E-state index contributed by atoms with van der Waals surface area (Å²) in [6.07, 6.45) is 3.14. The van der Waals surface area contributed by atoms with Gasteiger partial charge in [0.1, 0.15) is 11.6 Å². The molecule has 0 aromatic heterocycles. The molecule has 1 nitrogen and oxygen atoms in total. The molecule has 1 aromatic rings. The van der Waals surface area contributed by atoms with E-state index in [9.17, 15) is 13.9 Å². The first kappa shape index (κ1) is 12.5. The van der Waals surface area contributed by atoms with E-state index >= 15 is 0 Å². The van der Waals surface area contributed by atoms with Gasteiger partial charge in [0.25, 0.3) is 0 Å². The van der Waals surface area contributed by atoms with Crippen molar-refractivity contribution in [3.05, 3.63) is 35.4 Å². The molecular weight excluding hydrogens is 222 g/mol. The van der Waals surface area contributed by atoms with Crippen molar-refractivity contribution in [2.75, 3.05) is 0 Å². The van der Waals surface area contributed by atoms with E-state index in [1.54, 1.807) is 0 Å². The highest BCUT2D eigenvalue weighted by Crippen LogP contribution is 2.34. The van der Waals surface area contributed by atoms with Crippen molar-refractivity contribution < 1.29 is 13.9 Å². The first-order chi connectivity index (χ1) is 8.06. The van der Waals surface area contributed by atoms with Crippen molar-refractivity contribution in [1.82, 2.24) is 0 Å². The van der Waals surface area contributed by atoms with E-state index in [2.05, 4.69) is 6.92 Å². The zero-order valence-corrected chi connectivity index (χ0v) is 10.00. The van der Waals surface area contributed by atoms with Crippen LogP contribution in [0.2, 0.25) is 0 Å². The van der Waals surface area contributed by atoms with Crippen LogP contribution < -0.4 is 0 Å². The minimum Gasteiger partial charge on any atom is -0.392 e. The molecule has 1 aliphatic carbocycles. The van der Waals surface area contributed by atoms with Gasteiger partial charge in [-0.1, -0.05) is 19.8 Å². The van der Waals surface area contributed by atoms with Crippen molar-refractivity contribution in [3.63, 3.8) is 0 Å². The van der Waals surface area contributed by atoms with Gasteiger partial charge in [-0.3, -0.25) is 0 Å². The van der Waals surface area contributed by atoms with Crippen LogP contribution in [0.1, 0.15) is 31.7 Å². The maximum Gasteiger partial charge on any atom is 0.126 e. The number of benzene rings is 1. The van der Waals surface area contributed by atoms with Gasteiger partial charge in [0.2, 0.25) is 0 Å². The second-order valence-corrected chi connectivity index (χ2v) is 5.12. The number of hydrogen-bond donors (Lipinski definition) is 1. The second-order valence-electron chi connectivity index (χ2n) is 5.12. The van der Waals surface area contributed by atoms with Crippen LogP contribution >= 0.6 is 0 Å². The van der Waals surface area contributed by atoms with Crippen LogP contribution in [0, 0.1) is 23.5 Å². The predicted octanol–water partition coefficient (Wildman–Crippen LogP) is 3.30. The Hall–Kier alpha value is -0.960. The Morgan fingerprint density at radius 1 is 1.24 bits per heavy atom. The van der Waals surface area contributed by atoms with Gasteiger partial charge >= 0.3 is 0 Å². The van der Waals surface area contributed by atoms with Crippen molar-refractivity contribution >= 4 is 0 Å². The molecule has 0 saturated heterocycles. The van der Waals surface area contributed by atoms with Crippen molar-refractivity contribution in [2.45, 2.75) is 38.7 Å². The highest BCUT2D eigenvalue weighted by Gasteiger charge is 2.29. The predicted molar refractivity (Wildman–Crippen MR) is 62.6 cm³/mol. The van der Waals surface area contributed by atoms with Gasteiger partial charge in [0.05, 0.1) is 6.10 Å². The maximum atomic E-state index is 13.0. The minimum atomic E-state index is -0.577. The molecule has 3 unspecified atom stereocenters. The lowest BCUT2D eigenvalue weighted by Gasteiger charge is -2.22. The molecule has 1 fully saturated rings. The molecule has 0 radical (unpaired) electrons. The van der Waals surface area contributed by atoms with E-state index in [0.717, 1.165) is 25.3 Å². The Morgan fingerprint density at radius 2 is 1.88 bits per heavy atom. The lowest BCUT2D eigenvalue weighted by molar-refractivity contribution is 0.0900. The Kier molecular flexibility index (Phi) is 3.77. The van der Waals surface area contributed by atoms with E-state index < -0.39 is 17.7 Å². The standard InChI is InChI=1S/C14H18F2O/c1-9-3-2-4-13(9)14(17)7-10-5-11(15)8-12(16)6-10/h5-6,8-9,13-14,17H,2-4,7H2,1H3. The molecule has 2 rings (SSSR count). The molecule has 0 amide bonds. The van der Waals surface area contributed by atoms with Gasteiger partial charge < -0.3 is 5.11 Å². The molecule has 0 spiro atoms. The van der Waals surface area contributed by atoms with E-state index in [1.807, 2.05) is 0 Å². The fraction of sp³-hybridized carbons (Fsp3) is 0.571. The normalized spacial score (nSPS) is 26.1. The van der Waals surface area contributed by atoms with E-state index in [4.69, 9.17) is 0 Å². The third-order valence-electron chi connectivity index (χ3n) is 3.79. The summed E-state index contributed by atoms with van der Waals surface area (Å²) in [5.74, 6) is -0.386. The SMILES string of the molecule is CC1CCCC1C(O)Cc1cc(F)cc(F)c1. The minimum absolute atomic E-state index is 0.265. The lowest BCUT2D eigenvalue weighted by Crippen LogP contribution is -2.24. The lowest BCUT2D eigenvalue weighted by atomic mass is 9.88. The van der Waals surface area contributed by atoms with Crippen molar-refractivity contribution in [3.8, 4) is 0 Å². The highest BCUT2D eigenvalue weighted by atomic mass is 19.1. The molecule has 0 heterocycles. The molecule has 1 aromatic carbocycles. The van der Waals surface area contributed by atoms with Crippen LogP contribution in [0.5, 0.6) is 0 Å². The molecule has 1 aliphatic rings. The van der Waals surface area contributed by atoms with Gasteiger partial charge in [0.15, 0.2) is 0 Å². The molecular formula is C14H18F2O. The maximum absolute atomic E-state index is 13.0. The van der Waals surface area contributed by atoms with E-state index in [-0.39, 0.29) is 5.92 Å². The third kappa shape index (κ3) is 3.03. The number of hydrogen-bond acceptors (Lipinski definition) is 1. The van der Waals surface area contributed by atoms with Gasteiger partial charge in [0, 0.05) is 6.07 Å². The van der Waals surface area contributed by atoms with Crippen LogP contribution in [0.4, 0.5) is 8.78 Å². The van der Waals surface area contributed by atoms with E-state index in [0.29, 0.717) is 17.9 Å². The molecule has 94 valence electrons. The molecule has 17 heavy (non-hydrogen) atoms. The molecule has 1 N–H and O–H groups in total. The van der Waals surface area contributed by atoms with Gasteiger partial charge in [-0.25, -0.2) is 8.78 Å². The van der Waals surface area contributed by atoms with Crippen LogP contribution in [-0.4, -0.2) is 11.2 Å². The van der Waals surface area contributed by atoms with Gasteiger partial charge in [-0.05, 0) is 42.4 Å².